The van der Waals surface area contributed by atoms with Crippen LogP contribution in [0.2, 0.25) is 0 Å². The summed E-state index contributed by atoms with van der Waals surface area (Å²) in [6.07, 6.45) is 5.03. The molecular formula is C25H23N3S. The zero-order chi connectivity index (χ0) is 20.0. The average Bonchev–Trinajstić information content (AvgIpc) is 3.34. The van der Waals surface area contributed by atoms with E-state index in [2.05, 4.69) is 85.4 Å². The summed E-state index contributed by atoms with van der Waals surface area (Å²) in [6.45, 7) is 6.48. The zero-order valence-electron chi connectivity index (χ0n) is 16.9. The molecule has 1 aliphatic heterocycles. The van der Waals surface area contributed by atoms with Gasteiger partial charge in [-0.3, -0.25) is 4.99 Å². The molecule has 5 rings (SSSR count). The largest absolute Gasteiger partial charge is 0.358 e. The number of H-pyrrole nitrogens is 1. The minimum atomic E-state index is -0.0746. The van der Waals surface area contributed by atoms with Crippen LogP contribution in [0.3, 0.4) is 0 Å². The molecule has 2 aromatic heterocycles. The van der Waals surface area contributed by atoms with Crippen molar-refractivity contribution in [2.24, 2.45) is 4.99 Å². The first-order valence-corrected chi connectivity index (χ1v) is 10.7. The van der Waals surface area contributed by atoms with Gasteiger partial charge in [-0.1, -0.05) is 42.5 Å². The first-order chi connectivity index (χ1) is 14.0. The Bertz CT molecular complexity index is 1260. The number of benzene rings is 2. The Morgan fingerprint density at radius 1 is 1.00 bits per heavy atom. The first kappa shape index (κ1) is 18.1. The van der Waals surface area contributed by atoms with E-state index in [9.17, 15) is 0 Å². The fraction of sp³-hybridized carbons (Fsp3) is 0.200. The van der Waals surface area contributed by atoms with Crippen molar-refractivity contribution in [3.8, 4) is 21.0 Å². The van der Waals surface area contributed by atoms with Crippen LogP contribution in [-0.4, -0.2) is 15.7 Å². The Balaban J connectivity index is 1.55. The Kier molecular flexibility index (Phi) is 4.25. The molecule has 0 fully saturated rings. The molecule has 1 N–H and O–H groups in total. The van der Waals surface area contributed by atoms with Crippen LogP contribution in [0.25, 0.3) is 31.9 Å². The van der Waals surface area contributed by atoms with Gasteiger partial charge in [-0.15, -0.1) is 11.3 Å². The van der Waals surface area contributed by atoms with Crippen LogP contribution in [-0.2, 0) is 5.41 Å². The number of fused-ring (bicyclic) bond motifs is 1. The lowest BCUT2D eigenvalue weighted by Gasteiger charge is -2.29. The van der Waals surface area contributed by atoms with E-state index in [4.69, 9.17) is 4.98 Å². The molecule has 0 radical (unpaired) electrons. The molecule has 4 heteroatoms. The summed E-state index contributed by atoms with van der Waals surface area (Å²) in [6, 6.07) is 19.3. The van der Waals surface area contributed by atoms with Gasteiger partial charge in [-0.05, 0) is 51.0 Å². The van der Waals surface area contributed by atoms with Crippen molar-refractivity contribution >= 4 is 28.0 Å². The van der Waals surface area contributed by atoms with E-state index in [0.29, 0.717) is 0 Å². The Morgan fingerprint density at radius 3 is 2.62 bits per heavy atom. The molecule has 0 saturated carbocycles. The Labute approximate surface area is 174 Å². The van der Waals surface area contributed by atoms with Crippen LogP contribution in [0.4, 0.5) is 0 Å². The summed E-state index contributed by atoms with van der Waals surface area (Å²) in [5, 5.41) is 2.30. The van der Waals surface area contributed by atoms with E-state index in [1.54, 1.807) is 11.3 Å². The number of hydrogen-bond donors (Lipinski definition) is 1. The van der Waals surface area contributed by atoms with E-state index < -0.39 is 0 Å². The highest BCUT2D eigenvalue weighted by molar-refractivity contribution is 7.18. The number of aromatic amines is 1. The van der Waals surface area contributed by atoms with E-state index >= 15 is 0 Å². The second-order valence-corrected chi connectivity index (χ2v) is 8.92. The van der Waals surface area contributed by atoms with Crippen LogP contribution in [0.15, 0.2) is 71.9 Å². The van der Waals surface area contributed by atoms with Crippen molar-refractivity contribution < 1.29 is 0 Å². The summed E-state index contributed by atoms with van der Waals surface area (Å²) in [7, 11) is 0. The highest BCUT2D eigenvalue weighted by atomic mass is 32.1. The number of allylic oxidation sites excluding steroid dienone is 1. The zero-order valence-corrected chi connectivity index (χ0v) is 17.7. The minimum absolute atomic E-state index is 0.0746. The highest BCUT2D eigenvalue weighted by Crippen LogP contribution is 2.38. The van der Waals surface area contributed by atoms with E-state index in [1.165, 1.54) is 27.1 Å². The van der Waals surface area contributed by atoms with Gasteiger partial charge in [-0.25, -0.2) is 4.98 Å². The number of nitrogens with one attached hydrogen (secondary N) is 1. The number of nitrogens with zero attached hydrogens (tertiary/aromatic N) is 2. The maximum Gasteiger partial charge on any atom is 0.124 e. The summed E-state index contributed by atoms with van der Waals surface area (Å²) in [5.41, 5.74) is 6.94. The third-order valence-electron chi connectivity index (χ3n) is 5.99. The number of aromatic nitrogens is 2. The molecular weight excluding hydrogens is 374 g/mol. The van der Waals surface area contributed by atoms with E-state index in [-0.39, 0.29) is 5.41 Å². The molecule has 4 aromatic rings. The molecule has 0 amide bonds. The van der Waals surface area contributed by atoms with Crippen LogP contribution in [0.5, 0.6) is 0 Å². The summed E-state index contributed by atoms with van der Waals surface area (Å²) >= 11 is 1.76. The van der Waals surface area contributed by atoms with Crippen LogP contribution >= 0.6 is 11.3 Å². The third kappa shape index (κ3) is 3.04. The van der Waals surface area contributed by atoms with Crippen LogP contribution in [0.1, 0.15) is 31.7 Å². The lowest BCUT2D eigenvalue weighted by molar-refractivity contribution is 0.620. The smallest absolute Gasteiger partial charge is 0.124 e. The molecule has 0 aliphatic carbocycles. The van der Waals surface area contributed by atoms with Gasteiger partial charge < -0.3 is 4.98 Å². The second-order valence-electron chi connectivity index (χ2n) is 7.92. The van der Waals surface area contributed by atoms with Gasteiger partial charge in [0, 0.05) is 39.5 Å². The lowest BCUT2D eigenvalue weighted by Crippen LogP contribution is -2.31. The van der Waals surface area contributed by atoms with Gasteiger partial charge in [0.2, 0.25) is 0 Å². The molecule has 1 atom stereocenters. The molecule has 0 saturated heterocycles. The van der Waals surface area contributed by atoms with Crippen molar-refractivity contribution in [3.63, 3.8) is 0 Å². The topological polar surface area (TPSA) is 41.0 Å². The summed E-state index contributed by atoms with van der Waals surface area (Å²) < 4.78 is 0. The van der Waals surface area contributed by atoms with Crippen molar-refractivity contribution in [2.75, 3.05) is 0 Å². The minimum Gasteiger partial charge on any atom is -0.358 e. The van der Waals surface area contributed by atoms with Gasteiger partial charge in [0.1, 0.15) is 5.01 Å². The third-order valence-corrected chi connectivity index (χ3v) is 7.25. The monoisotopic (exact) mass is 397 g/mol. The number of aliphatic imine (C=N–C) groups is 1. The molecule has 2 aromatic carbocycles. The second kappa shape index (κ2) is 6.82. The van der Waals surface area contributed by atoms with Crippen LogP contribution in [0, 0.1) is 6.92 Å². The summed E-state index contributed by atoms with van der Waals surface area (Å²) in [5.74, 6) is 0. The van der Waals surface area contributed by atoms with Crippen molar-refractivity contribution in [2.45, 2.75) is 32.6 Å². The van der Waals surface area contributed by atoms with E-state index in [0.717, 1.165) is 28.4 Å². The number of rotatable bonds is 3. The number of hydrogen-bond acceptors (Lipinski definition) is 3. The maximum absolute atomic E-state index is 4.82. The number of thiazole rings is 1. The molecule has 1 aliphatic rings. The molecule has 3 heterocycles. The fourth-order valence-corrected chi connectivity index (χ4v) is 5.06. The van der Waals surface area contributed by atoms with Crippen molar-refractivity contribution in [1.82, 2.24) is 9.97 Å². The quantitative estimate of drug-likeness (QED) is 0.401. The SMILES string of the molecule is CC1=NC=CCC1(C)c1cc2cc(-c3sc(-c4ccccc4)nc3C)ccc2[nH]1. The molecule has 3 nitrogen and oxygen atoms in total. The standard InChI is InChI=1S/C25H23N3S/c1-16-23(29-24(27-16)18-8-5-4-6-9-18)19-10-11-21-20(14-19)15-22(28-21)25(3)12-7-13-26-17(25)2/h4-11,13-15,28H,12H2,1-3H3. The Morgan fingerprint density at radius 2 is 1.83 bits per heavy atom. The van der Waals surface area contributed by atoms with Gasteiger partial charge in [-0.2, -0.15) is 0 Å². The van der Waals surface area contributed by atoms with Gasteiger partial charge >= 0.3 is 0 Å². The number of aryl methyl sites for hydroxylation is 1. The van der Waals surface area contributed by atoms with Crippen LogP contribution < -0.4 is 0 Å². The molecule has 29 heavy (non-hydrogen) atoms. The highest BCUT2D eigenvalue weighted by Gasteiger charge is 2.32. The van der Waals surface area contributed by atoms with Crippen molar-refractivity contribution in [1.29, 1.82) is 0 Å². The average molecular weight is 398 g/mol. The normalized spacial score (nSPS) is 18.9. The molecule has 0 spiro atoms. The molecule has 1 unspecified atom stereocenters. The van der Waals surface area contributed by atoms with E-state index in [1.807, 2.05) is 12.3 Å². The molecule has 0 bridgehead atoms. The Hall–Kier alpha value is -2.98. The first-order valence-electron chi connectivity index (χ1n) is 9.91. The predicted octanol–water partition coefficient (Wildman–Crippen LogP) is 6.90. The predicted molar refractivity (Wildman–Crippen MR) is 124 cm³/mol. The molecule has 144 valence electrons. The van der Waals surface area contributed by atoms with Gasteiger partial charge in [0.25, 0.3) is 0 Å². The summed E-state index contributed by atoms with van der Waals surface area (Å²) in [4.78, 5) is 14.2. The lowest BCUT2D eigenvalue weighted by atomic mass is 9.78. The fourth-order valence-electron chi connectivity index (χ4n) is 3.99. The van der Waals surface area contributed by atoms with Crippen molar-refractivity contribution in [3.05, 3.63) is 78.3 Å². The van der Waals surface area contributed by atoms with Gasteiger partial charge in [0.15, 0.2) is 0 Å². The van der Waals surface area contributed by atoms with Gasteiger partial charge in [0.05, 0.1) is 10.6 Å². The maximum atomic E-state index is 4.82.